The summed E-state index contributed by atoms with van der Waals surface area (Å²) in [6, 6.07) is 10.2. The number of benzene rings is 1. The van der Waals surface area contributed by atoms with E-state index in [0.717, 1.165) is 45.8 Å². The van der Waals surface area contributed by atoms with Gasteiger partial charge in [0.15, 0.2) is 5.96 Å². The van der Waals surface area contributed by atoms with E-state index >= 15 is 0 Å². The molecule has 166 valence electrons. The van der Waals surface area contributed by atoms with Gasteiger partial charge in [0.05, 0.1) is 30.2 Å². The summed E-state index contributed by atoms with van der Waals surface area (Å²) in [6.45, 7) is 10.3. The molecule has 0 amide bonds. The van der Waals surface area contributed by atoms with Gasteiger partial charge in [0.2, 0.25) is 0 Å². The minimum absolute atomic E-state index is 0.0121. The third kappa shape index (κ3) is 5.51. The zero-order valence-electron chi connectivity index (χ0n) is 19.2. The number of para-hydroxylation sites is 1. The monoisotopic (exact) mass is 440 g/mol. The highest BCUT2D eigenvalue weighted by atomic mass is 32.1. The van der Waals surface area contributed by atoms with Gasteiger partial charge < -0.3 is 15.0 Å². The molecule has 1 unspecified atom stereocenters. The lowest BCUT2D eigenvalue weighted by Gasteiger charge is -2.21. The molecule has 7 nitrogen and oxygen atoms in total. The molecule has 0 aliphatic heterocycles. The van der Waals surface area contributed by atoms with Crippen molar-refractivity contribution in [2.75, 3.05) is 20.7 Å². The predicted octanol–water partition coefficient (Wildman–Crippen LogP) is 4.25. The summed E-state index contributed by atoms with van der Waals surface area (Å²) in [4.78, 5) is 11.7. The Hall–Kier alpha value is -2.71. The van der Waals surface area contributed by atoms with Crippen LogP contribution in [0.25, 0.3) is 5.69 Å². The molecule has 8 heteroatoms. The number of rotatable bonds is 8. The summed E-state index contributed by atoms with van der Waals surface area (Å²) >= 11 is 1.63. The highest BCUT2D eigenvalue weighted by Gasteiger charge is 2.15. The fraction of sp³-hybridized carbons (Fsp3) is 0.435. The van der Waals surface area contributed by atoms with Gasteiger partial charge in [-0.15, -0.1) is 11.3 Å². The quantitative estimate of drug-likeness (QED) is 0.419. The van der Waals surface area contributed by atoms with Gasteiger partial charge in [-0.3, -0.25) is 0 Å². The fourth-order valence-electron chi connectivity index (χ4n) is 3.35. The number of nitrogens with zero attached hydrogens (tertiary/aromatic N) is 5. The average Bonchev–Trinajstić information content (AvgIpc) is 3.35. The van der Waals surface area contributed by atoms with Crippen molar-refractivity contribution >= 4 is 17.3 Å². The van der Waals surface area contributed by atoms with Crippen LogP contribution in [0.2, 0.25) is 0 Å². The van der Waals surface area contributed by atoms with Crippen molar-refractivity contribution in [3.8, 4) is 5.69 Å². The Balaban J connectivity index is 1.76. The number of aliphatic imine (C=N–C) groups is 1. The number of aromatic nitrogens is 3. The lowest BCUT2D eigenvalue weighted by molar-refractivity contribution is 0.119. The molecule has 3 rings (SSSR count). The Morgan fingerprint density at radius 1 is 1.29 bits per heavy atom. The molecule has 31 heavy (non-hydrogen) atoms. The molecule has 2 heterocycles. The number of guanidine groups is 1. The topological polar surface area (TPSA) is 67.6 Å². The second-order valence-electron chi connectivity index (χ2n) is 7.48. The van der Waals surface area contributed by atoms with Crippen LogP contribution in [-0.4, -0.2) is 46.3 Å². The van der Waals surface area contributed by atoms with Crippen molar-refractivity contribution < 1.29 is 4.74 Å². The molecule has 3 aromatic rings. The smallest absolute Gasteiger partial charge is 0.194 e. The van der Waals surface area contributed by atoms with Crippen LogP contribution < -0.4 is 5.32 Å². The van der Waals surface area contributed by atoms with Crippen molar-refractivity contribution in [1.29, 1.82) is 0 Å². The number of thiazole rings is 1. The van der Waals surface area contributed by atoms with Gasteiger partial charge in [-0.05, 0) is 39.8 Å². The van der Waals surface area contributed by atoms with Crippen LogP contribution >= 0.6 is 11.3 Å². The lowest BCUT2D eigenvalue weighted by Crippen LogP contribution is -2.38. The fourth-order valence-corrected chi connectivity index (χ4v) is 4.19. The summed E-state index contributed by atoms with van der Waals surface area (Å²) in [5.74, 6) is 0.850. The number of ether oxygens (including phenoxy) is 1. The van der Waals surface area contributed by atoms with E-state index in [4.69, 9.17) is 19.8 Å². The molecule has 0 radical (unpaired) electrons. The molecule has 1 atom stereocenters. The molecule has 0 spiro atoms. The van der Waals surface area contributed by atoms with Crippen molar-refractivity contribution in [3.05, 3.63) is 63.4 Å². The summed E-state index contributed by atoms with van der Waals surface area (Å²) in [5, 5.41) is 11.2. The van der Waals surface area contributed by atoms with Crippen LogP contribution in [0.1, 0.15) is 47.6 Å². The van der Waals surface area contributed by atoms with Gasteiger partial charge in [0.25, 0.3) is 0 Å². The highest BCUT2D eigenvalue weighted by Crippen LogP contribution is 2.21. The van der Waals surface area contributed by atoms with Crippen molar-refractivity contribution in [3.63, 3.8) is 0 Å². The first-order chi connectivity index (χ1) is 14.9. The average molecular weight is 441 g/mol. The van der Waals surface area contributed by atoms with E-state index in [1.165, 1.54) is 0 Å². The minimum Gasteiger partial charge on any atom is -0.375 e. The first-order valence-electron chi connectivity index (χ1n) is 10.5. The molecule has 0 fully saturated rings. The van der Waals surface area contributed by atoms with Crippen molar-refractivity contribution in [2.24, 2.45) is 4.99 Å². The van der Waals surface area contributed by atoms with E-state index in [0.29, 0.717) is 13.1 Å². The predicted molar refractivity (Wildman–Crippen MR) is 127 cm³/mol. The summed E-state index contributed by atoms with van der Waals surface area (Å²) in [7, 11) is 3.74. The molecule has 0 bridgehead atoms. The number of methoxy groups -OCH3 is 1. The summed E-state index contributed by atoms with van der Waals surface area (Å²) in [5.41, 5.74) is 5.34. The Labute approximate surface area is 188 Å². The normalized spacial score (nSPS) is 12.8. The number of nitrogens with one attached hydrogen (secondary N) is 1. The first kappa shape index (κ1) is 23.0. The highest BCUT2D eigenvalue weighted by molar-refractivity contribution is 7.09. The SMILES string of the molecule is CCNC(=NCc1c(C)nn(-c2ccccc2)c1C)N(C)Cc1csc(C(C)OC)n1. The van der Waals surface area contributed by atoms with Gasteiger partial charge in [-0.25, -0.2) is 14.7 Å². The van der Waals surface area contributed by atoms with Crippen LogP contribution in [-0.2, 0) is 17.8 Å². The van der Waals surface area contributed by atoms with Crippen LogP contribution in [0.15, 0.2) is 40.7 Å². The maximum Gasteiger partial charge on any atom is 0.194 e. The van der Waals surface area contributed by atoms with Crippen molar-refractivity contribution in [2.45, 2.75) is 46.9 Å². The lowest BCUT2D eigenvalue weighted by atomic mass is 10.2. The van der Waals surface area contributed by atoms with Gasteiger partial charge in [0, 0.05) is 37.3 Å². The molecular weight excluding hydrogens is 408 g/mol. The minimum atomic E-state index is 0.0121. The zero-order chi connectivity index (χ0) is 22.4. The Morgan fingerprint density at radius 3 is 2.71 bits per heavy atom. The van der Waals surface area contributed by atoms with Gasteiger partial charge >= 0.3 is 0 Å². The van der Waals surface area contributed by atoms with Crippen LogP contribution in [0.5, 0.6) is 0 Å². The molecule has 0 aliphatic carbocycles. The zero-order valence-corrected chi connectivity index (χ0v) is 20.0. The standard InChI is InChI=1S/C23H32N6OS/c1-7-24-23(28(5)14-19-15-31-22(26-19)18(4)30-6)25-13-21-16(2)27-29(17(21)3)20-11-9-8-10-12-20/h8-12,15,18H,7,13-14H2,1-6H3,(H,24,25). The number of hydrogen-bond donors (Lipinski definition) is 1. The van der Waals surface area contributed by atoms with Gasteiger partial charge in [-0.1, -0.05) is 18.2 Å². The number of aryl methyl sites for hydroxylation is 1. The second-order valence-corrected chi connectivity index (χ2v) is 8.37. The van der Waals surface area contributed by atoms with Crippen molar-refractivity contribution in [1.82, 2.24) is 25.0 Å². The largest absolute Gasteiger partial charge is 0.375 e. The van der Waals surface area contributed by atoms with E-state index in [9.17, 15) is 0 Å². The van der Waals surface area contributed by atoms with Gasteiger partial charge in [-0.2, -0.15) is 5.10 Å². The Morgan fingerprint density at radius 2 is 2.03 bits per heavy atom. The molecular formula is C23H32N6OS. The molecule has 1 aromatic carbocycles. The van der Waals surface area contributed by atoms with E-state index < -0.39 is 0 Å². The van der Waals surface area contributed by atoms with E-state index in [1.807, 2.05) is 43.8 Å². The maximum absolute atomic E-state index is 5.37. The second kappa shape index (κ2) is 10.5. The summed E-state index contributed by atoms with van der Waals surface area (Å²) in [6.07, 6.45) is 0.0121. The maximum atomic E-state index is 5.37. The van der Waals surface area contributed by atoms with E-state index in [2.05, 4.69) is 41.6 Å². The Bertz CT molecular complexity index is 1010. The van der Waals surface area contributed by atoms with Crippen LogP contribution in [0.4, 0.5) is 0 Å². The summed E-state index contributed by atoms with van der Waals surface area (Å²) < 4.78 is 7.37. The van der Waals surface area contributed by atoms with E-state index in [-0.39, 0.29) is 6.10 Å². The molecule has 0 aliphatic rings. The third-order valence-corrected chi connectivity index (χ3v) is 6.25. The molecule has 2 aromatic heterocycles. The van der Waals surface area contributed by atoms with Gasteiger partial charge in [0.1, 0.15) is 11.1 Å². The first-order valence-corrected chi connectivity index (χ1v) is 11.4. The van der Waals surface area contributed by atoms with Crippen LogP contribution in [0, 0.1) is 13.8 Å². The molecule has 0 saturated heterocycles. The Kier molecular flexibility index (Phi) is 7.81. The van der Waals surface area contributed by atoms with Crippen LogP contribution in [0.3, 0.4) is 0 Å². The van der Waals surface area contributed by atoms with E-state index in [1.54, 1.807) is 18.4 Å². The number of hydrogen-bond acceptors (Lipinski definition) is 5. The third-order valence-electron chi connectivity index (χ3n) is 5.20. The molecule has 1 N–H and O–H groups in total. The molecule has 0 saturated carbocycles.